The summed E-state index contributed by atoms with van der Waals surface area (Å²) < 4.78 is 0. The summed E-state index contributed by atoms with van der Waals surface area (Å²) in [7, 11) is 0. The molecule has 1 unspecified atom stereocenters. The maximum atomic E-state index is 10.1. The van der Waals surface area contributed by atoms with E-state index in [9.17, 15) is 5.11 Å². The minimum absolute atomic E-state index is 0.189. The number of aliphatic hydroxyl groups is 1. The van der Waals surface area contributed by atoms with Crippen molar-refractivity contribution in [2.75, 3.05) is 0 Å². The molecule has 1 N–H and O–H groups in total. The molecule has 0 amide bonds. The first kappa shape index (κ1) is 11.1. The second kappa shape index (κ2) is 3.56. The number of nitrogens with zero attached hydrogens (tertiary/aromatic N) is 1. The quantitative estimate of drug-likeness (QED) is 0.795. The average Bonchev–Trinajstić information content (AvgIpc) is 2.45. The van der Waals surface area contributed by atoms with Crippen LogP contribution in [0.15, 0.2) is 0 Å². The molecule has 0 radical (unpaired) electrons. The third kappa shape index (κ3) is 2.08. The van der Waals surface area contributed by atoms with Crippen LogP contribution in [0.5, 0.6) is 0 Å². The van der Waals surface area contributed by atoms with Gasteiger partial charge in [-0.15, -0.1) is 11.3 Å². The Hall–Kier alpha value is -0.410. The van der Waals surface area contributed by atoms with Gasteiger partial charge < -0.3 is 5.11 Å². The van der Waals surface area contributed by atoms with E-state index >= 15 is 0 Å². The molecule has 2 rings (SSSR count). The Bertz CT molecular complexity index is 368. The molecule has 84 valence electrons. The first-order valence-electron chi connectivity index (χ1n) is 5.56. The van der Waals surface area contributed by atoms with Crippen LogP contribution in [0.25, 0.3) is 0 Å². The lowest BCUT2D eigenvalue weighted by atomic mass is 9.77. The summed E-state index contributed by atoms with van der Waals surface area (Å²) in [6.07, 6.45) is 1.57. The van der Waals surface area contributed by atoms with Crippen molar-refractivity contribution in [1.82, 2.24) is 4.98 Å². The number of aliphatic hydroxyl groups excluding tert-OH is 1. The maximum Gasteiger partial charge on any atom is 0.0957 e. The zero-order chi connectivity index (χ0) is 11.2. The SMILES string of the molecule is CC(C)c1nc2c(s1)C(O)CC(C)(C)C2. The van der Waals surface area contributed by atoms with E-state index in [4.69, 9.17) is 0 Å². The highest BCUT2D eigenvalue weighted by atomic mass is 32.1. The first-order chi connectivity index (χ1) is 6.89. The van der Waals surface area contributed by atoms with Crippen molar-refractivity contribution in [3.63, 3.8) is 0 Å². The van der Waals surface area contributed by atoms with Crippen molar-refractivity contribution in [2.24, 2.45) is 5.41 Å². The van der Waals surface area contributed by atoms with Crippen LogP contribution >= 0.6 is 11.3 Å². The van der Waals surface area contributed by atoms with Gasteiger partial charge in [-0.2, -0.15) is 0 Å². The molecule has 0 saturated heterocycles. The average molecular weight is 225 g/mol. The molecule has 1 aliphatic rings. The van der Waals surface area contributed by atoms with Gasteiger partial charge in [0, 0.05) is 5.92 Å². The fourth-order valence-electron chi connectivity index (χ4n) is 2.16. The van der Waals surface area contributed by atoms with Gasteiger partial charge in [-0.3, -0.25) is 0 Å². The molecule has 0 saturated carbocycles. The lowest BCUT2D eigenvalue weighted by molar-refractivity contribution is 0.102. The Labute approximate surface area is 95.4 Å². The van der Waals surface area contributed by atoms with Gasteiger partial charge in [0.05, 0.1) is 21.7 Å². The molecule has 1 heterocycles. The molecule has 0 spiro atoms. The van der Waals surface area contributed by atoms with Crippen LogP contribution in [0, 0.1) is 5.41 Å². The summed E-state index contributed by atoms with van der Waals surface area (Å²) in [5.74, 6) is 0.468. The second-order valence-electron chi connectivity index (χ2n) is 5.58. The maximum absolute atomic E-state index is 10.1. The molecule has 0 fully saturated rings. The van der Waals surface area contributed by atoms with Crippen LogP contribution < -0.4 is 0 Å². The summed E-state index contributed by atoms with van der Waals surface area (Å²) in [5, 5.41) is 11.2. The lowest BCUT2D eigenvalue weighted by Gasteiger charge is -2.31. The molecule has 2 nitrogen and oxygen atoms in total. The van der Waals surface area contributed by atoms with Gasteiger partial charge in [0.1, 0.15) is 0 Å². The predicted molar refractivity (Wildman–Crippen MR) is 63.3 cm³/mol. The van der Waals surface area contributed by atoms with Crippen molar-refractivity contribution in [2.45, 2.75) is 52.6 Å². The molecular formula is C12H19NOS. The number of thiazole rings is 1. The van der Waals surface area contributed by atoms with Crippen LogP contribution in [-0.4, -0.2) is 10.1 Å². The van der Waals surface area contributed by atoms with Gasteiger partial charge in [-0.05, 0) is 18.3 Å². The highest BCUT2D eigenvalue weighted by Gasteiger charge is 2.34. The van der Waals surface area contributed by atoms with E-state index in [0.717, 1.165) is 28.4 Å². The Morgan fingerprint density at radius 1 is 1.47 bits per heavy atom. The third-order valence-corrected chi connectivity index (χ3v) is 4.43. The minimum Gasteiger partial charge on any atom is -0.387 e. The number of aromatic nitrogens is 1. The third-order valence-electron chi connectivity index (χ3n) is 2.93. The van der Waals surface area contributed by atoms with Crippen LogP contribution in [0.1, 0.15) is 61.7 Å². The van der Waals surface area contributed by atoms with Crippen LogP contribution in [-0.2, 0) is 6.42 Å². The molecule has 1 atom stereocenters. The Kier molecular flexibility index (Phi) is 2.63. The van der Waals surface area contributed by atoms with Crippen LogP contribution in [0.2, 0.25) is 0 Å². The predicted octanol–water partition coefficient (Wildman–Crippen LogP) is 3.27. The van der Waals surface area contributed by atoms with Crippen molar-refractivity contribution >= 4 is 11.3 Å². The van der Waals surface area contributed by atoms with E-state index in [2.05, 4.69) is 32.7 Å². The van der Waals surface area contributed by atoms with Crippen molar-refractivity contribution in [3.8, 4) is 0 Å². The van der Waals surface area contributed by atoms with Gasteiger partial charge >= 0.3 is 0 Å². The topological polar surface area (TPSA) is 33.1 Å². The molecule has 0 aromatic carbocycles. The molecule has 0 aliphatic heterocycles. The number of hydrogen-bond donors (Lipinski definition) is 1. The van der Waals surface area contributed by atoms with Gasteiger partial charge in [-0.25, -0.2) is 4.98 Å². The van der Waals surface area contributed by atoms with Crippen molar-refractivity contribution in [3.05, 3.63) is 15.6 Å². The highest BCUT2D eigenvalue weighted by molar-refractivity contribution is 7.11. The van der Waals surface area contributed by atoms with Gasteiger partial charge in [0.25, 0.3) is 0 Å². The molecule has 1 aromatic heterocycles. The highest BCUT2D eigenvalue weighted by Crippen LogP contribution is 2.43. The van der Waals surface area contributed by atoms with Crippen LogP contribution in [0.4, 0.5) is 0 Å². The van der Waals surface area contributed by atoms with Crippen molar-refractivity contribution < 1.29 is 5.11 Å². The number of fused-ring (bicyclic) bond motifs is 1. The first-order valence-corrected chi connectivity index (χ1v) is 6.38. The summed E-state index contributed by atoms with van der Waals surface area (Å²) in [4.78, 5) is 5.76. The molecular weight excluding hydrogens is 206 g/mol. The molecule has 15 heavy (non-hydrogen) atoms. The standard InChI is InChI=1S/C12H19NOS/c1-7(2)11-13-8-5-12(3,4)6-9(14)10(8)15-11/h7,9,14H,5-6H2,1-4H3. The number of rotatable bonds is 1. The van der Waals surface area contributed by atoms with E-state index in [0.29, 0.717) is 5.92 Å². The molecule has 3 heteroatoms. The van der Waals surface area contributed by atoms with E-state index in [-0.39, 0.29) is 11.5 Å². The summed E-state index contributed by atoms with van der Waals surface area (Å²) in [6, 6.07) is 0. The summed E-state index contributed by atoms with van der Waals surface area (Å²) in [5.41, 5.74) is 1.32. The zero-order valence-corrected chi connectivity index (χ0v) is 10.7. The fourth-order valence-corrected chi connectivity index (χ4v) is 3.23. The fraction of sp³-hybridized carbons (Fsp3) is 0.750. The van der Waals surface area contributed by atoms with E-state index in [1.807, 2.05) is 0 Å². The monoisotopic (exact) mass is 225 g/mol. The van der Waals surface area contributed by atoms with Crippen molar-refractivity contribution in [1.29, 1.82) is 0 Å². The Morgan fingerprint density at radius 3 is 2.73 bits per heavy atom. The molecule has 1 aliphatic carbocycles. The minimum atomic E-state index is -0.297. The largest absolute Gasteiger partial charge is 0.387 e. The summed E-state index contributed by atoms with van der Waals surface area (Å²) in [6.45, 7) is 8.71. The Morgan fingerprint density at radius 2 is 2.13 bits per heavy atom. The van der Waals surface area contributed by atoms with Gasteiger partial charge in [0.15, 0.2) is 0 Å². The molecule has 1 aromatic rings. The number of hydrogen-bond acceptors (Lipinski definition) is 3. The molecule has 0 bridgehead atoms. The smallest absolute Gasteiger partial charge is 0.0957 e. The van der Waals surface area contributed by atoms with E-state index < -0.39 is 0 Å². The van der Waals surface area contributed by atoms with Gasteiger partial charge in [0.2, 0.25) is 0 Å². The zero-order valence-electron chi connectivity index (χ0n) is 9.87. The van der Waals surface area contributed by atoms with E-state index in [1.165, 1.54) is 0 Å². The van der Waals surface area contributed by atoms with E-state index in [1.54, 1.807) is 11.3 Å². The van der Waals surface area contributed by atoms with Gasteiger partial charge in [-0.1, -0.05) is 27.7 Å². The van der Waals surface area contributed by atoms with Crippen LogP contribution in [0.3, 0.4) is 0 Å². The lowest BCUT2D eigenvalue weighted by Crippen LogP contribution is -2.24. The summed E-state index contributed by atoms with van der Waals surface area (Å²) >= 11 is 1.69. The second-order valence-corrected chi connectivity index (χ2v) is 6.64. The Balaban J connectivity index is 2.38. The normalized spacial score (nSPS) is 24.3.